The summed E-state index contributed by atoms with van der Waals surface area (Å²) >= 11 is 12.0. The fraction of sp³-hybridized carbons (Fsp3) is 0.333. The normalized spacial score (nSPS) is 21.6. The molecule has 3 N–H and O–H groups in total. The molecular weight excluding hydrogens is 325 g/mol. The van der Waals surface area contributed by atoms with Crippen molar-refractivity contribution in [3.05, 3.63) is 36.9 Å². The fourth-order valence-electron chi connectivity index (χ4n) is 1.89. The number of alkyl halides is 2. The fourth-order valence-corrected chi connectivity index (χ4v) is 2.60. The molecule has 0 saturated heterocycles. The quantitative estimate of drug-likeness (QED) is 0.566. The minimum Gasteiger partial charge on any atom is -0.334 e. The Morgan fingerprint density at radius 2 is 1.73 bits per heavy atom. The summed E-state index contributed by atoms with van der Waals surface area (Å²) in [5, 5.41) is 8.02. The number of anilines is 2. The van der Waals surface area contributed by atoms with Crippen molar-refractivity contribution in [3.63, 3.8) is 0 Å². The molecule has 1 aliphatic rings. The second-order valence-electron chi connectivity index (χ2n) is 5.37. The van der Waals surface area contributed by atoms with E-state index in [9.17, 15) is 9.59 Å². The van der Waals surface area contributed by atoms with E-state index < -0.39 is 9.75 Å². The number of rotatable bonds is 5. The summed E-state index contributed by atoms with van der Waals surface area (Å²) in [5.74, 6) is -0.220. The van der Waals surface area contributed by atoms with Crippen molar-refractivity contribution in [2.75, 3.05) is 17.2 Å². The zero-order valence-corrected chi connectivity index (χ0v) is 13.6. The SMILES string of the molecule is C=CCNC(=O)Nc1ccc(NC(=O)C2(C)CC2(Cl)Cl)cc1. The summed E-state index contributed by atoms with van der Waals surface area (Å²) in [5.41, 5.74) is 0.456. The van der Waals surface area contributed by atoms with Crippen molar-refractivity contribution in [2.24, 2.45) is 5.41 Å². The number of carbonyl (C=O) groups excluding carboxylic acids is 2. The van der Waals surface area contributed by atoms with E-state index in [0.717, 1.165) is 0 Å². The highest BCUT2D eigenvalue weighted by Gasteiger charge is 2.67. The second-order valence-corrected chi connectivity index (χ2v) is 6.85. The van der Waals surface area contributed by atoms with Crippen LogP contribution in [0.15, 0.2) is 36.9 Å². The van der Waals surface area contributed by atoms with Crippen molar-refractivity contribution in [1.82, 2.24) is 5.32 Å². The molecule has 7 heteroatoms. The van der Waals surface area contributed by atoms with E-state index in [1.54, 1.807) is 37.3 Å². The molecule has 2 rings (SSSR count). The molecule has 1 aromatic rings. The van der Waals surface area contributed by atoms with Gasteiger partial charge in [-0.15, -0.1) is 29.8 Å². The number of amides is 3. The van der Waals surface area contributed by atoms with Crippen LogP contribution in [0.25, 0.3) is 0 Å². The first-order valence-corrected chi connectivity index (χ1v) is 7.49. The Bertz CT molecular complexity index is 601. The van der Waals surface area contributed by atoms with Gasteiger partial charge in [-0.3, -0.25) is 4.79 Å². The first-order chi connectivity index (χ1) is 10.3. The number of hydrogen-bond acceptors (Lipinski definition) is 2. The first-order valence-electron chi connectivity index (χ1n) is 6.73. The maximum atomic E-state index is 12.1. The van der Waals surface area contributed by atoms with Crippen molar-refractivity contribution in [3.8, 4) is 0 Å². The minimum absolute atomic E-state index is 0.220. The Balaban J connectivity index is 1.91. The molecule has 1 fully saturated rings. The molecule has 0 heterocycles. The molecule has 22 heavy (non-hydrogen) atoms. The highest BCUT2D eigenvalue weighted by atomic mass is 35.5. The minimum atomic E-state index is -0.998. The predicted octanol–water partition coefficient (Wildman–Crippen LogP) is 3.52. The van der Waals surface area contributed by atoms with Crippen LogP contribution in [-0.4, -0.2) is 22.8 Å². The number of urea groups is 1. The maximum Gasteiger partial charge on any atom is 0.319 e. The third-order valence-corrected chi connectivity index (χ3v) is 4.67. The van der Waals surface area contributed by atoms with Gasteiger partial charge in [0.05, 0.1) is 5.41 Å². The van der Waals surface area contributed by atoms with Gasteiger partial charge in [0.2, 0.25) is 5.91 Å². The summed E-state index contributed by atoms with van der Waals surface area (Å²) in [7, 11) is 0. The smallest absolute Gasteiger partial charge is 0.319 e. The van der Waals surface area contributed by atoms with Crippen LogP contribution in [0.2, 0.25) is 0 Å². The molecule has 1 aliphatic carbocycles. The Morgan fingerprint density at radius 1 is 1.23 bits per heavy atom. The Morgan fingerprint density at radius 3 is 2.18 bits per heavy atom. The van der Waals surface area contributed by atoms with Crippen LogP contribution in [0.1, 0.15) is 13.3 Å². The van der Waals surface area contributed by atoms with Gasteiger partial charge < -0.3 is 16.0 Å². The van der Waals surface area contributed by atoms with Crippen LogP contribution in [0.3, 0.4) is 0 Å². The molecule has 0 radical (unpaired) electrons. The van der Waals surface area contributed by atoms with Crippen molar-refractivity contribution < 1.29 is 9.59 Å². The standard InChI is InChI=1S/C15H17Cl2N3O2/c1-3-8-18-13(22)20-11-6-4-10(5-7-11)19-12(21)14(2)9-15(14,16)17/h3-7H,1,8-9H2,2H3,(H,19,21)(H2,18,20,22). The van der Waals surface area contributed by atoms with Crippen LogP contribution in [-0.2, 0) is 4.79 Å². The summed E-state index contributed by atoms with van der Waals surface area (Å²) in [6, 6.07) is 6.43. The molecule has 1 atom stereocenters. The molecular formula is C15H17Cl2N3O2. The maximum absolute atomic E-state index is 12.1. The van der Waals surface area contributed by atoms with E-state index in [-0.39, 0.29) is 11.9 Å². The molecule has 0 bridgehead atoms. The van der Waals surface area contributed by atoms with E-state index >= 15 is 0 Å². The lowest BCUT2D eigenvalue weighted by Crippen LogP contribution is -2.28. The van der Waals surface area contributed by atoms with Gasteiger partial charge in [-0.1, -0.05) is 6.08 Å². The van der Waals surface area contributed by atoms with Crippen LogP contribution >= 0.6 is 23.2 Å². The monoisotopic (exact) mass is 341 g/mol. The third kappa shape index (κ3) is 3.54. The van der Waals surface area contributed by atoms with Gasteiger partial charge in [0.1, 0.15) is 4.33 Å². The summed E-state index contributed by atoms with van der Waals surface area (Å²) in [6.45, 7) is 5.62. The molecule has 0 aliphatic heterocycles. The lowest BCUT2D eigenvalue weighted by Gasteiger charge is -2.13. The molecule has 1 unspecified atom stereocenters. The molecule has 0 aromatic heterocycles. The average molecular weight is 342 g/mol. The van der Waals surface area contributed by atoms with E-state index in [4.69, 9.17) is 23.2 Å². The van der Waals surface area contributed by atoms with E-state index in [0.29, 0.717) is 24.3 Å². The highest BCUT2D eigenvalue weighted by molar-refractivity contribution is 6.53. The van der Waals surface area contributed by atoms with Gasteiger partial charge >= 0.3 is 6.03 Å². The number of benzene rings is 1. The van der Waals surface area contributed by atoms with E-state index in [2.05, 4.69) is 22.5 Å². The zero-order valence-electron chi connectivity index (χ0n) is 12.1. The predicted molar refractivity (Wildman–Crippen MR) is 89.5 cm³/mol. The second kappa shape index (κ2) is 6.18. The van der Waals surface area contributed by atoms with Crippen molar-refractivity contribution >= 4 is 46.5 Å². The molecule has 3 amide bonds. The topological polar surface area (TPSA) is 70.2 Å². The Kier molecular flexibility index (Phi) is 4.68. The molecule has 1 aromatic carbocycles. The van der Waals surface area contributed by atoms with Crippen LogP contribution in [0, 0.1) is 5.41 Å². The van der Waals surface area contributed by atoms with Crippen LogP contribution in [0.4, 0.5) is 16.2 Å². The molecule has 5 nitrogen and oxygen atoms in total. The van der Waals surface area contributed by atoms with Gasteiger partial charge in [0.25, 0.3) is 0 Å². The number of carbonyl (C=O) groups is 2. The Hall–Kier alpha value is -1.72. The average Bonchev–Trinajstić information content (AvgIpc) is 2.99. The first kappa shape index (κ1) is 16.6. The molecule has 0 spiro atoms. The lowest BCUT2D eigenvalue weighted by atomic mass is 10.1. The highest BCUT2D eigenvalue weighted by Crippen LogP contribution is 2.64. The molecule has 1 saturated carbocycles. The Labute approximate surface area is 139 Å². The largest absolute Gasteiger partial charge is 0.334 e. The van der Waals surface area contributed by atoms with Gasteiger partial charge in [0.15, 0.2) is 0 Å². The van der Waals surface area contributed by atoms with Crippen LogP contribution < -0.4 is 16.0 Å². The number of halogens is 2. The number of nitrogens with one attached hydrogen (secondary N) is 3. The third-order valence-electron chi connectivity index (χ3n) is 3.57. The summed E-state index contributed by atoms with van der Waals surface area (Å²) < 4.78 is -0.998. The summed E-state index contributed by atoms with van der Waals surface area (Å²) in [4.78, 5) is 23.6. The van der Waals surface area contributed by atoms with E-state index in [1.807, 2.05) is 0 Å². The van der Waals surface area contributed by atoms with Crippen molar-refractivity contribution in [2.45, 2.75) is 17.7 Å². The van der Waals surface area contributed by atoms with Gasteiger partial charge in [-0.2, -0.15) is 0 Å². The molecule has 118 valence electrons. The lowest BCUT2D eigenvalue weighted by molar-refractivity contribution is -0.120. The van der Waals surface area contributed by atoms with Gasteiger partial charge in [0, 0.05) is 17.9 Å². The van der Waals surface area contributed by atoms with Crippen molar-refractivity contribution in [1.29, 1.82) is 0 Å². The number of hydrogen-bond donors (Lipinski definition) is 3. The van der Waals surface area contributed by atoms with Gasteiger partial charge in [-0.25, -0.2) is 4.79 Å². The summed E-state index contributed by atoms with van der Waals surface area (Å²) in [6.07, 6.45) is 2.02. The zero-order chi connectivity index (χ0) is 16.4. The van der Waals surface area contributed by atoms with Gasteiger partial charge in [-0.05, 0) is 37.6 Å². The van der Waals surface area contributed by atoms with Crippen LogP contribution in [0.5, 0.6) is 0 Å². The van der Waals surface area contributed by atoms with E-state index in [1.165, 1.54) is 0 Å².